The summed E-state index contributed by atoms with van der Waals surface area (Å²) in [7, 11) is 0. The number of nitrogens with two attached hydrogens (primary N) is 1. The van der Waals surface area contributed by atoms with E-state index in [-0.39, 0.29) is 34.5 Å². The van der Waals surface area contributed by atoms with Crippen LogP contribution in [0, 0.1) is 23.6 Å². The van der Waals surface area contributed by atoms with Crippen LogP contribution < -0.4 is 20.8 Å². The molecule has 4 unspecified atom stereocenters. The van der Waals surface area contributed by atoms with Gasteiger partial charge in [-0.3, -0.25) is 4.79 Å². The Morgan fingerprint density at radius 1 is 1.32 bits per heavy atom. The summed E-state index contributed by atoms with van der Waals surface area (Å²) < 4.78 is 21.6. The Hall–Kier alpha value is -2.94. The van der Waals surface area contributed by atoms with E-state index >= 15 is 4.39 Å². The maximum absolute atomic E-state index is 15.2. The minimum Gasteiger partial charge on any atom is -0.449 e. The third-order valence-electron chi connectivity index (χ3n) is 7.51. The average molecular weight is 426 g/mol. The van der Waals surface area contributed by atoms with Crippen molar-refractivity contribution in [3.05, 3.63) is 40.5 Å². The summed E-state index contributed by atoms with van der Waals surface area (Å²) in [6.45, 7) is 1.31. The van der Waals surface area contributed by atoms with Crippen LogP contribution in [0.4, 0.5) is 15.0 Å². The maximum atomic E-state index is 15.2. The van der Waals surface area contributed by atoms with Gasteiger partial charge >= 0.3 is 6.16 Å². The van der Waals surface area contributed by atoms with Gasteiger partial charge in [0.15, 0.2) is 17.4 Å². The molecule has 1 saturated heterocycles. The standard InChI is InChI=1S/C22H23FN4O4/c23-16-7-13-18(28)17(31-21(29)30)10-27(12-1-2-12)19(13)25-20(16)26-8-14-11-3-5-22(24,6-4-11)15(14)9-26/h3,5,7,10-12,14-15H,1-2,4,6,8-9,24H2,(H,29,30). The number of ether oxygens (including phenoxy) is 1. The number of aromatic nitrogens is 2. The highest BCUT2D eigenvalue weighted by Crippen LogP contribution is 2.50. The van der Waals surface area contributed by atoms with Crippen molar-refractivity contribution in [3.63, 3.8) is 0 Å². The number of nitrogens with zero attached hydrogens (tertiary/aromatic N) is 3. The fraction of sp³-hybridized carbons (Fsp3) is 0.500. The molecule has 0 amide bonds. The zero-order chi connectivity index (χ0) is 21.5. The highest BCUT2D eigenvalue weighted by atomic mass is 19.1. The number of hydrogen-bond donors (Lipinski definition) is 2. The van der Waals surface area contributed by atoms with Crippen molar-refractivity contribution >= 4 is 23.0 Å². The molecule has 5 aliphatic rings. The molecular weight excluding hydrogens is 403 g/mol. The summed E-state index contributed by atoms with van der Waals surface area (Å²) in [5, 5.41) is 8.97. The zero-order valence-corrected chi connectivity index (χ0v) is 16.8. The minimum atomic E-state index is -1.58. The Kier molecular flexibility index (Phi) is 3.81. The predicted octanol–water partition coefficient (Wildman–Crippen LogP) is 2.66. The lowest BCUT2D eigenvalue weighted by Crippen LogP contribution is -2.55. The van der Waals surface area contributed by atoms with Crippen molar-refractivity contribution in [1.82, 2.24) is 9.55 Å². The van der Waals surface area contributed by atoms with E-state index in [1.807, 2.05) is 4.90 Å². The lowest BCUT2D eigenvalue weighted by molar-refractivity contribution is 0.139. The molecule has 1 aliphatic heterocycles. The van der Waals surface area contributed by atoms with Crippen LogP contribution in [0.25, 0.3) is 11.0 Å². The van der Waals surface area contributed by atoms with E-state index in [4.69, 9.17) is 10.8 Å². The van der Waals surface area contributed by atoms with Crippen LogP contribution in [0.1, 0.15) is 31.7 Å². The largest absolute Gasteiger partial charge is 0.511 e. The van der Waals surface area contributed by atoms with Crippen molar-refractivity contribution in [2.24, 2.45) is 23.5 Å². The van der Waals surface area contributed by atoms with Gasteiger partial charge in [0.05, 0.1) is 11.6 Å². The van der Waals surface area contributed by atoms with Gasteiger partial charge in [0.1, 0.15) is 5.65 Å². The zero-order valence-electron chi connectivity index (χ0n) is 16.8. The number of rotatable bonds is 3. The number of fused-ring (bicyclic) bond motifs is 2. The summed E-state index contributed by atoms with van der Waals surface area (Å²) in [4.78, 5) is 30.3. The van der Waals surface area contributed by atoms with Crippen molar-refractivity contribution < 1.29 is 19.0 Å². The van der Waals surface area contributed by atoms with Gasteiger partial charge in [0, 0.05) is 30.6 Å². The van der Waals surface area contributed by atoms with Crippen molar-refractivity contribution in [2.45, 2.75) is 37.3 Å². The lowest BCUT2D eigenvalue weighted by atomic mass is 9.60. The van der Waals surface area contributed by atoms with E-state index < -0.39 is 17.4 Å². The number of carboxylic acid groups (broad SMARTS) is 1. The molecule has 2 aromatic heterocycles. The fourth-order valence-electron chi connectivity index (χ4n) is 5.80. The van der Waals surface area contributed by atoms with Gasteiger partial charge in [-0.2, -0.15) is 0 Å². The van der Waals surface area contributed by atoms with Gasteiger partial charge in [0.2, 0.25) is 5.43 Å². The molecule has 3 fully saturated rings. The molecule has 4 atom stereocenters. The van der Waals surface area contributed by atoms with Crippen LogP contribution in [0.3, 0.4) is 0 Å². The van der Waals surface area contributed by atoms with E-state index in [9.17, 15) is 9.59 Å². The van der Waals surface area contributed by atoms with Gasteiger partial charge < -0.3 is 25.0 Å². The number of pyridine rings is 2. The molecule has 162 valence electrons. The molecule has 0 radical (unpaired) electrons. The number of halogens is 1. The molecule has 3 heterocycles. The lowest BCUT2D eigenvalue weighted by Gasteiger charge is -2.47. The highest BCUT2D eigenvalue weighted by molar-refractivity contribution is 5.80. The normalized spacial score (nSPS) is 31.3. The Balaban J connectivity index is 1.44. The van der Waals surface area contributed by atoms with E-state index in [1.165, 1.54) is 12.3 Å². The van der Waals surface area contributed by atoms with E-state index in [0.717, 1.165) is 25.7 Å². The summed E-state index contributed by atoms with van der Waals surface area (Å²) in [6.07, 6.45) is 7.92. The van der Waals surface area contributed by atoms with Crippen molar-refractivity contribution in [2.75, 3.05) is 18.0 Å². The Morgan fingerprint density at radius 2 is 2.13 bits per heavy atom. The number of anilines is 1. The molecule has 2 saturated carbocycles. The molecule has 8 nitrogen and oxygen atoms in total. The molecule has 2 aromatic rings. The second-order valence-electron chi connectivity index (χ2n) is 9.34. The minimum absolute atomic E-state index is 0.0283. The quantitative estimate of drug-likeness (QED) is 0.573. The number of allylic oxidation sites excluding steroid dienone is 1. The van der Waals surface area contributed by atoms with Crippen LogP contribution in [-0.2, 0) is 0 Å². The molecule has 7 rings (SSSR count). The van der Waals surface area contributed by atoms with E-state index in [1.54, 1.807) is 4.57 Å². The van der Waals surface area contributed by atoms with Gasteiger partial charge in [0.25, 0.3) is 0 Å². The fourth-order valence-corrected chi connectivity index (χ4v) is 5.80. The van der Waals surface area contributed by atoms with Crippen molar-refractivity contribution in [3.8, 4) is 5.75 Å². The summed E-state index contributed by atoms with van der Waals surface area (Å²) >= 11 is 0. The molecule has 3 N–H and O–H groups in total. The van der Waals surface area contributed by atoms with Gasteiger partial charge in [-0.15, -0.1) is 0 Å². The van der Waals surface area contributed by atoms with Crippen LogP contribution >= 0.6 is 0 Å². The maximum Gasteiger partial charge on any atom is 0.511 e. The van der Waals surface area contributed by atoms with Crippen LogP contribution in [0.2, 0.25) is 0 Å². The van der Waals surface area contributed by atoms with E-state index in [2.05, 4.69) is 21.9 Å². The first-order valence-corrected chi connectivity index (χ1v) is 10.7. The molecule has 0 aromatic carbocycles. The summed E-state index contributed by atoms with van der Waals surface area (Å²) in [6, 6.07) is 1.26. The van der Waals surface area contributed by atoms with Gasteiger partial charge in [-0.1, -0.05) is 12.2 Å². The molecule has 0 spiro atoms. The molecule has 2 bridgehead atoms. The first kappa shape index (κ1) is 18.8. The van der Waals surface area contributed by atoms with Crippen LogP contribution in [0.15, 0.2) is 29.2 Å². The molecule has 4 aliphatic carbocycles. The van der Waals surface area contributed by atoms with Gasteiger partial charge in [-0.25, -0.2) is 14.2 Å². The Bertz CT molecular complexity index is 1210. The highest BCUT2D eigenvalue weighted by Gasteiger charge is 2.52. The average Bonchev–Trinajstić information content (AvgIpc) is 3.46. The predicted molar refractivity (Wildman–Crippen MR) is 111 cm³/mol. The molecular formula is C22H23FN4O4. The monoisotopic (exact) mass is 426 g/mol. The van der Waals surface area contributed by atoms with E-state index in [0.29, 0.717) is 30.6 Å². The summed E-state index contributed by atoms with van der Waals surface area (Å²) in [5.41, 5.74) is 6.00. The third kappa shape index (κ3) is 2.79. The van der Waals surface area contributed by atoms with Crippen LogP contribution in [0.5, 0.6) is 5.75 Å². The van der Waals surface area contributed by atoms with Crippen molar-refractivity contribution in [1.29, 1.82) is 0 Å². The Morgan fingerprint density at radius 3 is 2.77 bits per heavy atom. The third-order valence-corrected chi connectivity index (χ3v) is 7.51. The second-order valence-corrected chi connectivity index (χ2v) is 9.34. The first-order chi connectivity index (χ1) is 14.8. The number of hydrogen-bond acceptors (Lipinski definition) is 6. The molecule has 9 heteroatoms. The number of carbonyl (C=O) groups is 1. The second kappa shape index (κ2) is 6.29. The Labute approximate surface area is 177 Å². The smallest absolute Gasteiger partial charge is 0.449 e. The summed E-state index contributed by atoms with van der Waals surface area (Å²) in [5.74, 6) is 0.392. The van der Waals surface area contributed by atoms with Crippen LogP contribution in [-0.4, -0.2) is 39.4 Å². The topological polar surface area (TPSA) is 111 Å². The SMILES string of the molecule is NC12C=CC(CC1)C1CN(c3nc4c(cc3F)c(=O)c(OC(=O)O)cn4C3CC3)CC12. The van der Waals surface area contributed by atoms with Gasteiger partial charge in [-0.05, 0) is 43.6 Å². The first-order valence-electron chi connectivity index (χ1n) is 10.7. The molecule has 31 heavy (non-hydrogen) atoms.